The molecule has 0 atom stereocenters. The van der Waals surface area contributed by atoms with Crippen LogP contribution in [0, 0.1) is 0 Å². The highest BCUT2D eigenvalue weighted by molar-refractivity contribution is 5.87. The molecule has 0 heterocycles. The van der Waals surface area contributed by atoms with Crippen LogP contribution in [0.15, 0.2) is 48.1 Å². The lowest BCUT2D eigenvalue weighted by Crippen LogP contribution is -2.00. The smallest absolute Gasteiger partial charge is 0.331 e. The first-order valence-corrected chi connectivity index (χ1v) is 7.39. The molecule has 0 amide bonds. The number of carboxylic acid groups (broad SMARTS) is 1. The highest BCUT2D eigenvalue weighted by atomic mass is 16.4. The third-order valence-corrected chi connectivity index (χ3v) is 3.21. The molecule has 2 heteroatoms. The molecule has 1 aromatic carbocycles. The van der Waals surface area contributed by atoms with E-state index in [2.05, 4.69) is 6.92 Å². The highest BCUT2D eigenvalue weighted by Crippen LogP contribution is 2.12. The number of carboxylic acids is 1. The maximum atomic E-state index is 11.2. The first-order valence-electron chi connectivity index (χ1n) is 7.39. The normalized spacial score (nSPS) is 11.9. The number of benzene rings is 1. The fourth-order valence-electron chi connectivity index (χ4n) is 2.02. The second-order valence-corrected chi connectivity index (χ2v) is 4.93. The molecule has 2 nitrogen and oxygen atoms in total. The molecule has 0 aliphatic carbocycles. The first kappa shape index (κ1) is 16.2. The average Bonchev–Trinajstić information content (AvgIpc) is 2.46. The summed E-state index contributed by atoms with van der Waals surface area (Å²) in [5.74, 6) is -0.807. The maximum Gasteiger partial charge on any atom is 0.331 e. The number of allylic oxidation sites excluding steroid dienone is 2. The molecule has 0 aliphatic rings. The molecule has 108 valence electrons. The van der Waals surface area contributed by atoms with Crippen LogP contribution in [0.2, 0.25) is 0 Å². The van der Waals surface area contributed by atoms with Crippen LogP contribution in [-0.2, 0) is 4.79 Å². The quantitative estimate of drug-likeness (QED) is 0.387. The van der Waals surface area contributed by atoms with E-state index in [0.29, 0.717) is 12.0 Å². The zero-order chi connectivity index (χ0) is 14.6. The molecule has 0 fully saturated rings. The van der Waals surface area contributed by atoms with Gasteiger partial charge in [-0.3, -0.25) is 0 Å². The van der Waals surface area contributed by atoms with E-state index in [4.69, 9.17) is 0 Å². The summed E-state index contributed by atoms with van der Waals surface area (Å²) in [5, 5.41) is 9.17. The molecule has 0 radical (unpaired) electrons. The van der Waals surface area contributed by atoms with Gasteiger partial charge in [-0.25, -0.2) is 4.79 Å². The van der Waals surface area contributed by atoms with Crippen LogP contribution in [-0.4, -0.2) is 11.1 Å². The summed E-state index contributed by atoms with van der Waals surface area (Å²) in [7, 11) is 0. The Bertz CT molecular complexity index is 444. The van der Waals surface area contributed by atoms with Gasteiger partial charge >= 0.3 is 5.97 Å². The van der Waals surface area contributed by atoms with E-state index in [1.807, 2.05) is 42.5 Å². The van der Waals surface area contributed by atoms with Gasteiger partial charge in [0.05, 0.1) is 0 Å². The van der Waals surface area contributed by atoms with Gasteiger partial charge in [-0.1, -0.05) is 81.2 Å². The average molecular weight is 272 g/mol. The fourth-order valence-corrected chi connectivity index (χ4v) is 2.02. The summed E-state index contributed by atoms with van der Waals surface area (Å²) < 4.78 is 0. The van der Waals surface area contributed by atoms with E-state index in [1.165, 1.54) is 19.3 Å². The molecule has 0 saturated heterocycles. The topological polar surface area (TPSA) is 37.3 Å². The van der Waals surface area contributed by atoms with E-state index in [0.717, 1.165) is 18.4 Å². The molecule has 0 unspecified atom stereocenters. The Hall–Kier alpha value is -1.83. The zero-order valence-corrected chi connectivity index (χ0v) is 12.2. The Balaban J connectivity index is 2.47. The monoisotopic (exact) mass is 272 g/mol. The van der Waals surface area contributed by atoms with Crippen molar-refractivity contribution in [3.8, 4) is 0 Å². The highest BCUT2D eigenvalue weighted by Gasteiger charge is 2.05. The van der Waals surface area contributed by atoms with Gasteiger partial charge < -0.3 is 5.11 Å². The van der Waals surface area contributed by atoms with Gasteiger partial charge in [-0.2, -0.15) is 0 Å². The van der Waals surface area contributed by atoms with E-state index in [9.17, 15) is 9.90 Å². The Kier molecular flexibility index (Phi) is 8.13. The summed E-state index contributed by atoms with van der Waals surface area (Å²) in [5.41, 5.74) is 1.57. The number of hydrogen-bond acceptors (Lipinski definition) is 1. The molecule has 0 bridgehead atoms. The van der Waals surface area contributed by atoms with Crippen molar-refractivity contribution in [2.75, 3.05) is 0 Å². The van der Waals surface area contributed by atoms with Gasteiger partial charge in [0.15, 0.2) is 0 Å². The van der Waals surface area contributed by atoms with Gasteiger partial charge in [-0.05, 0) is 18.4 Å². The van der Waals surface area contributed by atoms with E-state index >= 15 is 0 Å². The molecule has 1 N–H and O–H groups in total. The van der Waals surface area contributed by atoms with Crippen molar-refractivity contribution in [1.82, 2.24) is 0 Å². The number of carbonyl (C=O) groups is 1. The van der Waals surface area contributed by atoms with Crippen LogP contribution in [0.5, 0.6) is 0 Å². The number of hydrogen-bond donors (Lipinski definition) is 1. The standard InChI is InChI=1S/C18H24O2/c1-2-3-4-5-9-14-17(18(19)20)15-10-13-16-11-7-6-8-12-16/h6-8,10-13,15H,2-5,9,14H2,1H3,(H,19,20). The third-order valence-electron chi connectivity index (χ3n) is 3.21. The zero-order valence-electron chi connectivity index (χ0n) is 12.2. The number of unbranched alkanes of at least 4 members (excludes halogenated alkanes) is 4. The predicted octanol–water partition coefficient (Wildman–Crippen LogP) is 5.07. The summed E-state index contributed by atoms with van der Waals surface area (Å²) in [6.45, 7) is 2.18. The lowest BCUT2D eigenvalue weighted by atomic mass is 10.1. The van der Waals surface area contributed by atoms with Crippen LogP contribution in [0.25, 0.3) is 6.08 Å². The molecule has 1 rings (SSSR count). The minimum Gasteiger partial charge on any atom is -0.478 e. The van der Waals surface area contributed by atoms with Crippen molar-refractivity contribution in [1.29, 1.82) is 0 Å². The van der Waals surface area contributed by atoms with Crippen LogP contribution in [0.1, 0.15) is 51.0 Å². The van der Waals surface area contributed by atoms with Crippen LogP contribution < -0.4 is 0 Å². The van der Waals surface area contributed by atoms with E-state index < -0.39 is 5.97 Å². The first-order chi connectivity index (χ1) is 9.74. The summed E-state index contributed by atoms with van der Waals surface area (Å²) >= 11 is 0. The molecular weight excluding hydrogens is 248 g/mol. The Labute approximate surface area is 121 Å². The van der Waals surface area contributed by atoms with E-state index in [1.54, 1.807) is 6.08 Å². The maximum absolute atomic E-state index is 11.2. The fraction of sp³-hybridized carbons (Fsp3) is 0.389. The molecule has 0 saturated carbocycles. The number of aliphatic carboxylic acids is 1. The molecular formula is C18H24O2. The second kappa shape index (κ2) is 10.0. The predicted molar refractivity (Wildman–Crippen MR) is 84.6 cm³/mol. The molecule has 0 spiro atoms. The van der Waals surface area contributed by atoms with Crippen molar-refractivity contribution >= 4 is 12.0 Å². The van der Waals surface area contributed by atoms with Gasteiger partial charge in [0, 0.05) is 5.57 Å². The van der Waals surface area contributed by atoms with Crippen molar-refractivity contribution in [2.24, 2.45) is 0 Å². The van der Waals surface area contributed by atoms with Crippen LogP contribution in [0.4, 0.5) is 0 Å². The van der Waals surface area contributed by atoms with Crippen molar-refractivity contribution in [3.63, 3.8) is 0 Å². The summed E-state index contributed by atoms with van der Waals surface area (Å²) in [6.07, 6.45) is 11.8. The number of rotatable bonds is 9. The molecule has 1 aromatic rings. The molecule has 20 heavy (non-hydrogen) atoms. The Morgan fingerprint density at radius 3 is 2.45 bits per heavy atom. The van der Waals surface area contributed by atoms with Crippen molar-refractivity contribution in [3.05, 3.63) is 53.6 Å². The van der Waals surface area contributed by atoms with E-state index in [-0.39, 0.29) is 0 Å². The van der Waals surface area contributed by atoms with Crippen LogP contribution in [0.3, 0.4) is 0 Å². The van der Waals surface area contributed by atoms with Crippen molar-refractivity contribution < 1.29 is 9.90 Å². The summed E-state index contributed by atoms with van der Waals surface area (Å²) in [4.78, 5) is 11.2. The Morgan fingerprint density at radius 1 is 1.10 bits per heavy atom. The van der Waals surface area contributed by atoms with Crippen molar-refractivity contribution in [2.45, 2.75) is 45.4 Å². The summed E-state index contributed by atoms with van der Waals surface area (Å²) in [6, 6.07) is 9.89. The minimum absolute atomic E-state index is 0.494. The lowest BCUT2D eigenvalue weighted by molar-refractivity contribution is -0.132. The second-order valence-electron chi connectivity index (χ2n) is 4.93. The van der Waals surface area contributed by atoms with Gasteiger partial charge in [-0.15, -0.1) is 0 Å². The largest absolute Gasteiger partial charge is 0.478 e. The molecule has 0 aliphatic heterocycles. The SMILES string of the molecule is CCCCCCCC(=CC=Cc1ccccc1)C(=O)O. The minimum atomic E-state index is -0.807. The van der Waals surface area contributed by atoms with Gasteiger partial charge in [0.1, 0.15) is 0 Å². The lowest BCUT2D eigenvalue weighted by Gasteiger charge is -2.01. The van der Waals surface area contributed by atoms with Gasteiger partial charge in [0.25, 0.3) is 0 Å². The third kappa shape index (κ3) is 6.93. The van der Waals surface area contributed by atoms with Gasteiger partial charge in [0.2, 0.25) is 0 Å². The van der Waals surface area contributed by atoms with Crippen LogP contribution >= 0.6 is 0 Å². The Morgan fingerprint density at radius 2 is 1.80 bits per heavy atom. The molecule has 0 aromatic heterocycles.